The maximum absolute atomic E-state index is 3.87. The average molecular weight is 321 g/mol. The molecule has 0 amide bonds. The molecule has 0 fully saturated rings. The summed E-state index contributed by atoms with van der Waals surface area (Å²) in [5.41, 5.74) is 4.27. The summed E-state index contributed by atoms with van der Waals surface area (Å²) in [6.45, 7) is 13.9. The summed E-state index contributed by atoms with van der Waals surface area (Å²) in [7, 11) is 0. The van der Waals surface area contributed by atoms with Crippen molar-refractivity contribution < 1.29 is 0 Å². The van der Waals surface area contributed by atoms with Crippen molar-refractivity contribution in [1.29, 1.82) is 0 Å². The van der Waals surface area contributed by atoms with Gasteiger partial charge in [0.15, 0.2) is 0 Å². The van der Waals surface area contributed by atoms with Crippen LogP contribution in [-0.4, -0.2) is 17.8 Å². The molecule has 1 aliphatic rings. The van der Waals surface area contributed by atoms with Gasteiger partial charge in [-0.3, -0.25) is 0 Å². The molecule has 0 bridgehead atoms. The molecule has 0 aromatic heterocycles. The first kappa shape index (κ1) is 17.5. The van der Waals surface area contributed by atoms with Crippen molar-refractivity contribution >= 4 is 23.1 Å². The van der Waals surface area contributed by atoms with Crippen LogP contribution in [0.4, 0.5) is 11.4 Å². The van der Waals surface area contributed by atoms with Gasteiger partial charge in [-0.25, -0.2) is 0 Å². The molecule has 0 saturated heterocycles. The number of rotatable bonds is 5. The van der Waals surface area contributed by atoms with Crippen LogP contribution < -0.4 is 10.6 Å². The van der Waals surface area contributed by atoms with Gasteiger partial charge in [-0.2, -0.15) is 0 Å². The number of anilines is 2. The molecule has 1 aliphatic heterocycles. The van der Waals surface area contributed by atoms with Crippen LogP contribution in [0.1, 0.15) is 65.9 Å². The maximum Gasteiger partial charge on any atom is 0.0519 e. The number of nitrogens with one attached hydrogen (secondary N) is 2. The predicted molar refractivity (Wildman–Crippen MR) is 101 cm³/mol. The molecule has 124 valence electrons. The molecule has 2 rings (SSSR count). The van der Waals surface area contributed by atoms with Crippen molar-refractivity contribution in [2.75, 3.05) is 16.9 Å². The molecule has 0 radical (unpaired) electrons. The minimum atomic E-state index is 0.183. The Kier molecular flexibility index (Phi) is 5.37. The number of benzene rings is 1. The number of hydrogen-bond acceptors (Lipinski definition) is 3. The first-order valence-electron chi connectivity index (χ1n) is 8.62. The van der Waals surface area contributed by atoms with Gasteiger partial charge >= 0.3 is 0 Å². The van der Waals surface area contributed by atoms with E-state index < -0.39 is 0 Å². The van der Waals surface area contributed by atoms with E-state index in [4.69, 9.17) is 0 Å². The first-order valence-corrected chi connectivity index (χ1v) is 9.85. The van der Waals surface area contributed by atoms with Crippen LogP contribution in [0.15, 0.2) is 17.0 Å². The van der Waals surface area contributed by atoms with Gasteiger partial charge in [-0.15, -0.1) is 11.8 Å². The van der Waals surface area contributed by atoms with Gasteiger partial charge in [0.1, 0.15) is 0 Å². The Bertz CT molecular complexity index is 528. The molecule has 0 spiro atoms. The van der Waals surface area contributed by atoms with Gasteiger partial charge in [0.25, 0.3) is 0 Å². The van der Waals surface area contributed by atoms with E-state index in [9.17, 15) is 0 Å². The monoisotopic (exact) mass is 320 g/mol. The zero-order valence-electron chi connectivity index (χ0n) is 15.2. The van der Waals surface area contributed by atoms with Crippen molar-refractivity contribution in [2.24, 2.45) is 5.92 Å². The van der Waals surface area contributed by atoms with Crippen LogP contribution >= 0.6 is 11.8 Å². The Hall–Kier alpha value is -0.830. The number of thioether (sulfide) groups is 1. The molecule has 3 heteroatoms. The van der Waals surface area contributed by atoms with Gasteiger partial charge < -0.3 is 10.6 Å². The van der Waals surface area contributed by atoms with E-state index in [1.807, 2.05) is 11.8 Å². The third-order valence-electron chi connectivity index (χ3n) is 5.77. The summed E-state index contributed by atoms with van der Waals surface area (Å²) >= 11 is 1.84. The zero-order chi connectivity index (χ0) is 16.5. The molecule has 1 aromatic rings. The molecule has 2 nitrogen and oxygen atoms in total. The lowest BCUT2D eigenvalue weighted by Gasteiger charge is -2.46. The van der Waals surface area contributed by atoms with Crippen LogP contribution in [0.3, 0.4) is 0 Å². The second kappa shape index (κ2) is 6.74. The second-order valence-corrected chi connectivity index (χ2v) is 7.92. The van der Waals surface area contributed by atoms with Crippen LogP contribution in [0.5, 0.6) is 0 Å². The van der Waals surface area contributed by atoms with Crippen molar-refractivity contribution in [1.82, 2.24) is 0 Å². The highest BCUT2D eigenvalue weighted by molar-refractivity contribution is 7.98. The van der Waals surface area contributed by atoms with Gasteiger partial charge in [-0.05, 0) is 62.5 Å². The van der Waals surface area contributed by atoms with Gasteiger partial charge in [0.2, 0.25) is 0 Å². The van der Waals surface area contributed by atoms with Crippen LogP contribution in [0.25, 0.3) is 0 Å². The summed E-state index contributed by atoms with van der Waals surface area (Å²) in [5.74, 6) is 1.20. The Morgan fingerprint density at radius 3 is 2.55 bits per heavy atom. The predicted octanol–water partition coefficient (Wildman–Crippen LogP) is 5.95. The molecule has 4 atom stereocenters. The van der Waals surface area contributed by atoms with Gasteiger partial charge in [0, 0.05) is 22.2 Å². The lowest BCUT2D eigenvalue weighted by Crippen LogP contribution is -2.46. The fraction of sp³-hybridized carbons (Fsp3) is 0.684. The Morgan fingerprint density at radius 2 is 2.00 bits per heavy atom. The minimum absolute atomic E-state index is 0.183. The van der Waals surface area contributed by atoms with Crippen molar-refractivity contribution in [3.63, 3.8) is 0 Å². The smallest absolute Gasteiger partial charge is 0.0519 e. The van der Waals surface area contributed by atoms with Crippen molar-refractivity contribution in [2.45, 2.75) is 76.8 Å². The van der Waals surface area contributed by atoms with Crippen LogP contribution in [-0.2, 0) is 0 Å². The quantitative estimate of drug-likeness (QED) is 0.655. The van der Waals surface area contributed by atoms with Crippen LogP contribution in [0.2, 0.25) is 0 Å². The van der Waals surface area contributed by atoms with Crippen molar-refractivity contribution in [3.05, 3.63) is 17.7 Å². The SMILES string of the molecule is CCC(C)Nc1cc(SC)c2c(c1)C(C)C(C)C(C)(CC)N2. The highest BCUT2D eigenvalue weighted by Gasteiger charge is 2.39. The van der Waals surface area contributed by atoms with E-state index in [1.165, 1.54) is 21.8 Å². The van der Waals surface area contributed by atoms with E-state index in [1.54, 1.807) is 0 Å². The number of hydrogen-bond donors (Lipinski definition) is 2. The molecule has 1 aromatic carbocycles. The van der Waals surface area contributed by atoms with E-state index in [-0.39, 0.29) is 5.54 Å². The summed E-state index contributed by atoms with van der Waals surface area (Å²) in [6, 6.07) is 5.18. The average Bonchev–Trinajstić information content (AvgIpc) is 2.52. The van der Waals surface area contributed by atoms with E-state index in [0.717, 1.165) is 12.8 Å². The zero-order valence-corrected chi connectivity index (χ0v) is 16.0. The largest absolute Gasteiger partial charge is 0.383 e. The normalized spacial score (nSPS) is 28.7. The molecular weight excluding hydrogens is 288 g/mol. The lowest BCUT2D eigenvalue weighted by atomic mass is 9.71. The summed E-state index contributed by atoms with van der Waals surface area (Å²) < 4.78 is 0. The Balaban J connectivity index is 2.48. The molecule has 0 aliphatic carbocycles. The third-order valence-corrected chi connectivity index (χ3v) is 6.53. The summed E-state index contributed by atoms with van der Waals surface area (Å²) in [6.07, 6.45) is 4.47. The third kappa shape index (κ3) is 3.10. The van der Waals surface area contributed by atoms with E-state index >= 15 is 0 Å². The molecule has 1 heterocycles. The van der Waals surface area contributed by atoms with Crippen LogP contribution in [0, 0.1) is 5.92 Å². The first-order chi connectivity index (χ1) is 10.4. The lowest BCUT2D eigenvalue weighted by molar-refractivity contribution is 0.283. The molecule has 22 heavy (non-hydrogen) atoms. The van der Waals surface area contributed by atoms with E-state index in [0.29, 0.717) is 17.9 Å². The number of fused-ring (bicyclic) bond motifs is 1. The molecule has 4 unspecified atom stereocenters. The topological polar surface area (TPSA) is 24.1 Å². The second-order valence-electron chi connectivity index (χ2n) is 7.07. The van der Waals surface area contributed by atoms with Gasteiger partial charge in [0.05, 0.1) is 5.69 Å². The molecule has 0 saturated carbocycles. The fourth-order valence-corrected chi connectivity index (χ4v) is 4.01. The summed E-state index contributed by atoms with van der Waals surface area (Å²) in [5, 5.41) is 7.51. The highest BCUT2D eigenvalue weighted by Crippen LogP contribution is 2.48. The molecular formula is C19H32N2S. The van der Waals surface area contributed by atoms with Crippen molar-refractivity contribution in [3.8, 4) is 0 Å². The minimum Gasteiger partial charge on any atom is -0.383 e. The maximum atomic E-state index is 3.87. The van der Waals surface area contributed by atoms with Gasteiger partial charge in [-0.1, -0.05) is 27.7 Å². The summed E-state index contributed by atoms with van der Waals surface area (Å²) in [4.78, 5) is 1.36. The Labute approximate surface area is 140 Å². The highest BCUT2D eigenvalue weighted by atomic mass is 32.2. The Morgan fingerprint density at radius 1 is 1.32 bits per heavy atom. The standard InChI is InChI=1S/C19H32N2S/c1-8-12(3)20-15-10-16-13(4)14(5)19(6,9-2)21-18(16)17(11-15)22-7/h10-14,20-21H,8-9H2,1-7H3. The fourth-order valence-electron chi connectivity index (χ4n) is 3.39. The molecule has 2 N–H and O–H groups in total. The van der Waals surface area contributed by atoms with E-state index in [2.05, 4.69) is 70.6 Å².